The van der Waals surface area contributed by atoms with Crippen molar-refractivity contribution in [3.63, 3.8) is 0 Å². The highest BCUT2D eigenvalue weighted by Gasteiger charge is 2.04. The molecule has 5 nitrogen and oxygen atoms in total. The Labute approximate surface area is 140 Å². The number of carbonyl (C=O) groups is 1. The molecule has 0 atom stereocenters. The fraction of sp³-hybridized carbons (Fsp3) is 0.0526. The Kier molecular flexibility index (Phi) is 4.43. The van der Waals surface area contributed by atoms with Crippen molar-refractivity contribution in [1.29, 1.82) is 0 Å². The smallest absolute Gasteiger partial charge is 0.221 e. The van der Waals surface area contributed by atoms with Crippen LogP contribution in [0.1, 0.15) is 6.92 Å². The molecular weight excluding hydrogens is 300 g/mol. The second-order valence-electron chi connectivity index (χ2n) is 5.41. The van der Waals surface area contributed by atoms with E-state index in [0.29, 0.717) is 11.5 Å². The van der Waals surface area contributed by atoms with Crippen LogP contribution in [0.3, 0.4) is 0 Å². The number of rotatable bonds is 4. The van der Waals surface area contributed by atoms with Crippen LogP contribution < -0.4 is 16.4 Å². The fourth-order valence-electron chi connectivity index (χ4n) is 2.42. The van der Waals surface area contributed by atoms with Gasteiger partial charge in [0.25, 0.3) is 0 Å². The van der Waals surface area contributed by atoms with Gasteiger partial charge in [-0.05, 0) is 47.5 Å². The number of nitrogens with two attached hydrogens (primary N) is 1. The summed E-state index contributed by atoms with van der Waals surface area (Å²) in [6.07, 6.45) is 1.69. The summed E-state index contributed by atoms with van der Waals surface area (Å²) in [7, 11) is 0. The van der Waals surface area contributed by atoms with Crippen molar-refractivity contribution in [2.75, 3.05) is 16.4 Å². The number of nitrogens with zero attached hydrogens (tertiary/aromatic N) is 1. The van der Waals surface area contributed by atoms with E-state index in [4.69, 9.17) is 5.73 Å². The molecule has 2 aromatic carbocycles. The van der Waals surface area contributed by atoms with E-state index >= 15 is 0 Å². The summed E-state index contributed by atoms with van der Waals surface area (Å²) in [6.45, 7) is 1.49. The fourth-order valence-corrected chi connectivity index (χ4v) is 2.42. The average molecular weight is 318 g/mol. The molecule has 0 spiro atoms. The van der Waals surface area contributed by atoms with Crippen molar-refractivity contribution < 1.29 is 4.79 Å². The lowest BCUT2D eigenvalue weighted by atomic mass is 10.0. The molecule has 0 radical (unpaired) electrons. The highest BCUT2D eigenvalue weighted by Crippen LogP contribution is 2.27. The first kappa shape index (κ1) is 15.6. The van der Waals surface area contributed by atoms with Crippen molar-refractivity contribution in [2.24, 2.45) is 0 Å². The lowest BCUT2D eigenvalue weighted by Gasteiger charge is -2.10. The number of carbonyl (C=O) groups excluding carboxylic acids is 1. The first-order chi connectivity index (χ1) is 11.6. The standard InChI is InChI=1S/C19H18N4O/c1-13(24)22-16-7-2-5-14(11-16)15-6-3-8-17(12-15)23-19-18(20)9-4-10-21-19/h2-12H,20H2,1H3,(H,21,23)(H,22,24). The highest BCUT2D eigenvalue weighted by molar-refractivity contribution is 5.89. The van der Waals surface area contributed by atoms with E-state index in [2.05, 4.69) is 15.6 Å². The maximum absolute atomic E-state index is 11.2. The molecule has 0 aliphatic rings. The molecule has 0 saturated carbocycles. The van der Waals surface area contributed by atoms with Crippen LogP contribution in [0.25, 0.3) is 11.1 Å². The lowest BCUT2D eigenvalue weighted by molar-refractivity contribution is -0.114. The molecule has 1 aromatic heterocycles. The number of benzene rings is 2. The van der Waals surface area contributed by atoms with Crippen LogP contribution in [-0.4, -0.2) is 10.9 Å². The van der Waals surface area contributed by atoms with Crippen molar-refractivity contribution in [3.8, 4) is 11.1 Å². The SMILES string of the molecule is CC(=O)Nc1cccc(-c2cccc(Nc3ncccc3N)c2)c1. The minimum absolute atomic E-state index is 0.0896. The molecule has 0 aliphatic heterocycles. The monoisotopic (exact) mass is 318 g/mol. The third kappa shape index (κ3) is 3.70. The van der Waals surface area contributed by atoms with Crippen LogP contribution in [0.4, 0.5) is 22.9 Å². The van der Waals surface area contributed by atoms with Crippen LogP contribution in [0.2, 0.25) is 0 Å². The summed E-state index contributed by atoms with van der Waals surface area (Å²) in [5.41, 5.74) is 10.2. The van der Waals surface area contributed by atoms with E-state index in [1.807, 2.05) is 48.5 Å². The number of hydrogen-bond donors (Lipinski definition) is 3. The van der Waals surface area contributed by atoms with Crippen molar-refractivity contribution in [1.82, 2.24) is 4.98 Å². The van der Waals surface area contributed by atoms with Gasteiger partial charge < -0.3 is 16.4 Å². The zero-order chi connectivity index (χ0) is 16.9. The molecule has 3 aromatic rings. The van der Waals surface area contributed by atoms with E-state index < -0.39 is 0 Å². The minimum atomic E-state index is -0.0896. The number of pyridine rings is 1. The molecule has 0 fully saturated rings. The molecule has 24 heavy (non-hydrogen) atoms. The van der Waals surface area contributed by atoms with Crippen LogP contribution >= 0.6 is 0 Å². The first-order valence-electron chi connectivity index (χ1n) is 7.57. The predicted molar refractivity (Wildman–Crippen MR) is 98.1 cm³/mol. The molecule has 0 saturated heterocycles. The summed E-state index contributed by atoms with van der Waals surface area (Å²) in [5, 5.41) is 6.02. The number of anilines is 4. The quantitative estimate of drug-likeness (QED) is 0.678. The largest absolute Gasteiger partial charge is 0.396 e. The number of aromatic nitrogens is 1. The van der Waals surface area contributed by atoms with E-state index in [1.54, 1.807) is 18.3 Å². The van der Waals surface area contributed by atoms with Gasteiger partial charge in [0.15, 0.2) is 5.82 Å². The topological polar surface area (TPSA) is 80.0 Å². The minimum Gasteiger partial charge on any atom is -0.396 e. The summed E-state index contributed by atoms with van der Waals surface area (Å²) < 4.78 is 0. The van der Waals surface area contributed by atoms with Gasteiger partial charge in [-0.2, -0.15) is 0 Å². The van der Waals surface area contributed by atoms with Gasteiger partial charge in [0.05, 0.1) is 5.69 Å². The molecule has 4 N–H and O–H groups in total. The number of hydrogen-bond acceptors (Lipinski definition) is 4. The van der Waals surface area contributed by atoms with Crippen molar-refractivity contribution in [2.45, 2.75) is 6.92 Å². The summed E-state index contributed by atoms with van der Waals surface area (Å²) in [5.74, 6) is 0.537. The Bertz CT molecular complexity index is 877. The van der Waals surface area contributed by atoms with Crippen LogP contribution in [0.15, 0.2) is 66.9 Å². The Morgan fingerprint density at radius 1 is 0.958 bits per heavy atom. The highest BCUT2D eigenvalue weighted by atomic mass is 16.1. The van der Waals surface area contributed by atoms with Crippen LogP contribution in [0, 0.1) is 0 Å². The van der Waals surface area contributed by atoms with Gasteiger partial charge >= 0.3 is 0 Å². The Hall–Kier alpha value is -3.34. The number of nitrogen functional groups attached to an aromatic ring is 1. The zero-order valence-corrected chi connectivity index (χ0v) is 13.3. The van der Waals surface area contributed by atoms with Crippen LogP contribution in [0.5, 0.6) is 0 Å². The molecule has 3 rings (SSSR count). The summed E-state index contributed by atoms with van der Waals surface area (Å²) >= 11 is 0. The number of nitrogens with one attached hydrogen (secondary N) is 2. The third-order valence-electron chi connectivity index (χ3n) is 3.48. The average Bonchev–Trinajstić information content (AvgIpc) is 2.57. The van der Waals surface area contributed by atoms with Crippen molar-refractivity contribution in [3.05, 3.63) is 66.9 Å². The molecule has 0 unspecified atom stereocenters. The first-order valence-corrected chi connectivity index (χ1v) is 7.57. The maximum atomic E-state index is 11.2. The van der Waals surface area contributed by atoms with E-state index in [1.165, 1.54) is 6.92 Å². The van der Waals surface area contributed by atoms with Crippen molar-refractivity contribution >= 4 is 28.8 Å². The number of amides is 1. The lowest BCUT2D eigenvalue weighted by Crippen LogP contribution is -2.05. The van der Waals surface area contributed by atoms with Gasteiger partial charge in [0.1, 0.15) is 0 Å². The van der Waals surface area contributed by atoms with Gasteiger partial charge in [0.2, 0.25) is 5.91 Å². The van der Waals surface area contributed by atoms with Gasteiger partial charge in [-0.3, -0.25) is 4.79 Å². The van der Waals surface area contributed by atoms with Crippen LogP contribution in [-0.2, 0) is 4.79 Å². The summed E-state index contributed by atoms with van der Waals surface area (Å²) in [6, 6.07) is 19.3. The Morgan fingerprint density at radius 2 is 1.62 bits per heavy atom. The van der Waals surface area contributed by atoms with E-state index in [-0.39, 0.29) is 5.91 Å². The van der Waals surface area contributed by atoms with Gasteiger partial charge in [0, 0.05) is 24.5 Å². The zero-order valence-electron chi connectivity index (χ0n) is 13.3. The second-order valence-corrected chi connectivity index (χ2v) is 5.41. The summed E-state index contributed by atoms with van der Waals surface area (Å²) in [4.78, 5) is 15.4. The predicted octanol–water partition coefficient (Wildman–Crippen LogP) is 4.03. The maximum Gasteiger partial charge on any atom is 0.221 e. The molecule has 1 amide bonds. The van der Waals surface area contributed by atoms with E-state index in [0.717, 1.165) is 22.5 Å². The van der Waals surface area contributed by atoms with E-state index in [9.17, 15) is 4.79 Å². The molecule has 1 heterocycles. The second kappa shape index (κ2) is 6.83. The third-order valence-corrected chi connectivity index (χ3v) is 3.48. The molecule has 0 bridgehead atoms. The normalized spacial score (nSPS) is 10.2. The molecular formula is C19H18N4O. The molecule has 120 valence electrons. The van der Waals surface area contributed by atoms with Gasteiger partial charge in [-0.25, -0.2) is 4.98 Å². The Morgan fingerprint density at radius 3 is 2.29 bits per heavy atom. The van der Waals surface area contributed by atoms with Gasteiger partial charge in [-0.1, -0.05) is 24.3 Å². The van der Waals surface area contributed by atoms with Gasteiger partial charge in [-0.15, -0.1) is 0 Å². The molecule has 5 heteroatoms. The molecule has 0 aliphatic carbocycles. The Balaban J connectivity index is 1.88.